The first-order chi connectivity index (χ1) is 3.34. The van der Waals surface area contributed by atoms with Crippen LogP contribution in [0, 0.1) is 5.92 Å². The lowest BCUT2D eigenvalue weighted by atomic mass is 10.3. The molecule has 7 heavy (non-hydrogen) atoms. The second-order valence-electron chi connectivity index (χ2n) is 1.94. The summed E-state index contributed by atoms with van der Waals surface area (Å²) < 4.78 is 0. The maximum Gasteiger partial charge on any atom is 0.149 e. The van der Waals surface area contributed by atoms with Crippen molar-refractivity contribution in [3.63, 3.8) is 0 Å². The molecule has 2 nitrogen and oxygen atoms in total. The first-order valence-electron chi connectivity index (χ1n) is 2.57. The summed E-state index contributed by atoms with van der Waals surface area (Å²) in [6, 6.07) is 0. The molecule has 1 fully saturated rings. The molecule has 1 rings (SSSR count). The average molecular weight is 99.1 g/mol. The maximum absolute atomic E-state index is 10.4. The smallest absolute Gasteiger partial charge is 0.149 e. The molecule has 0 bridgehead atoms. The predicted molar refractivity (Wildman–Crippen MR) is 26.8 cm³/mol. The Morgan fingerprint density at radius 3 is 2.43 bits per heavy atom. The number of carbonyl (C=O) groups is 1. The Morgan fingerprint density at radius 2 is 2.29 bits per heavy atom. The zero-order chi connectivity index (χ0) is 5.28. The summed E-state index contributed by atoms with van der Waals surface area (Å²) in [5.74, 6) is 0.588. The topological polar surface area (TPSA) is 43.1 Å². The van der Waals surface area contributed by atoms with Crippen LogP contribution < -0.4 is 5.73 Å². The summed E-state index contributed by atoms with van der Waals surface area (Å²) in [6.07, 6.45) is 2.16. The lowest BCUT2D eigenvalue weighted by Gasteiger charge is -1.85. The third-order valence-electron chi connectivity index (χ3n) is 1.23. The van der Waals surface area contributed by atoms with E-state index in [1.165, 1.54) is 0 Å². The Kier molecular flexibility index (Phi) is 1.11. The zero-order valence-corrected chi connectivity index (χ0v) is 4.18. The fourth-order valence-electron chi connectivity index (χ4n) is 0.572. The number of rotatable bonds is 2. The number of hydrogen-bond acceptors (Lipinski definition) is 2. The molecule has 0 aromatic rings. The van der Waals surface area contributed by atoms with Gasteiger partial charge in [-0.1, -0.05) is 0 Å². The molecule has 1 aliphatic rings. The second-order valence-corrected chi connectivity index (χ2v) is 1.94. The summed E-state index contributed by atoms with van der Waals surface area (Å²) in [6.45, 7) is 0.241. The van der Waals surface area contributed by atoms with E-state index in [0.717, 1.165) is 12.8 Å². The van der Waals surface area contributed by atoms with E-state index in [2.05, 4.69) is 0 Å². The molecule has 0 atom stereocenters. The number of nitrogens with two attached hydrogens (primary N) is 1. The van der Waals surface area contributed by atoms with Gasteiger partial charge in [-0.3, -0.25) is 4.79 Å². The molecule has 0 spiro atoms. The quantitative estimate of drug-likeness (QED) is 0.526. The van der Waals surface area contributed by atoms with Crippen molar-refractivity contribution >= 4 is 5.78 Å². The van der Waals surface area contributed by atoms with E-state index in [4.69, 9.17) is 5.73 Å². The van der Waals surface area contributed by atoms with Gasteiger partial charge in [-0.2, -0.15) is 0 Å². The molecule has 0 saturated heterocycles. The van der Waals surface area contributed by atoms with Gasteiger partial charge in [0.2, 0.25) is 0 Å². The van der Waals surface area contributed by atoms with Gasteiger partial charge in [-0.15, -0.1) is 0 Å². The molecule has 0 heterocycles. The Morgan fingerprint density at radius 1 is 1.71 bits per heavy atom. The van der Waals surface area contributed by atoms with Crippen LogP contribution in [0.2, 0.25) is 0 Å². The largest absolute Gasteiger partial charge is 0.324 e. The molecular formula is C5H9NO. The minimum Gasteiger partial charge on any atom is -0.324 e. The van der Waals surface area contributed by atoms with Crippen molar-refractivity contribution in [2.45, 2.75) is 12.8 Å². The van der Waals surface area contributed by atoms with Gasteiger partial charge < -0.3 is 5.73 Å². The highest BCUT2D eigenvalue weighted by Gasteiger charge is 2.27. The van der Waals surface area contributed by atoms with Gasteiger partial charge in [-0.25, -0.2) is 0 Å². The van der Waals surface area contributed by atoms with E-state index in [1.54, 1.807) is 0 Å². The molecular weight excluding hydrogens is 90.1 g/mol. The summed E-state index contributed by atoms with van der Waals surface area (Å²) in [4.78, 5) is 10.4. The number of hydrogen-bond donors (Lipinski definition) is 1. The monoisotopic (exact) mass is 99.1 g/mol. The van der Waals surface area contributed by atoms with Gasteiger partial charge in [0.1, 0.15) is 5.78 Å². The van der Waals surface area contributed by atoms with Gasteiger partial charge in [0, 0.05) is 5.92 Å². The fraction of sp³-hybridized carbons (Fsp3) is 0.800. The summed E-state index contributed by atoms with van der Waals surface area (Å²) in [7, 11) is 0. The number of ketones is 1. The summed E-state index contributed by atoms with van der Waals surface area (Å²) in [5.41, 5.74) is 5.06. The van der Waals surface area contributed by atoms with Crippen molar-refractivity contribution in [2.75, 3.05) is 6.54 Å². The van der Waals surface area contributed by atoms with Crippen molar-refractivity contribution in [1.29, 1.82) is 0 Å². The van der Waals surface area contributed by atoms with Crippen LogP contribution in [0.25, 0.3) is 0 Å². The fourth-order valence-corrected chi connectivity index (χ4v) is 0.572. The summed E-state index contributed by atoms with van der Waals surface area (Å²) >= 11 is 0. The van der Waals surface area contributed by atoms with Crippen LogP contribution in [0.3, 0.4) is 0 Å². The van der Waals surface area contributed by atoms with Crippen molar-refractivity contribution in [2.24, 2.45) is 11.7 Å². The molecule has 40 valence electrons. The van der Waals surface area contributed by atoms with E-state index in [-0.39, 0.29) is 12.3 Å². The first kappa shape index (κ1) is 4.78. The average Bonchev–Trinajstić information content (AvgIpc) is 2.44. The Balaban J connectivity index is 2.24. The van der Waals surface area contributed by atoms with E-state index in [0.29, 0.717) is 5.92 Å². The van der Waals surface area contributed by atoms with Crippen LogP contribution in [0.4, 0.5) is 0 Å². The lowest BCUT2D eigenvalue weighted by Crippen LogP contribution is -2.14. The highest BCUT2D eigenvalue weighted by Crippen LogP contribution is 2.28. The molecule has 1 aliphatic carbocycles. The van der Waals surface area contributed by atoms with E-state index in [1.807, 2.05) is 0 Å². The van der Waals surface area contributed by atoms with Crippen LogP contribution in [0.5, 0.6) is 0 Å². The van der Waals surface area contributed by atoms with Crippen LogP contribution in [-0.4, -0.2) is 12.3 Å². The van der Waals surface area contributed by atoms with Crippen LogP contribution in [0.15, 0.2) is 0 Å². The molecule has 2 heteroatoms. The van der Waals surface area contributed by atoms with Gasteiger partial charge in [0.15, 0.2) is 0 Å². The molecule has 0 amide bonds. The number of carbonyl (C=O) groups excluding carboxylic acids is 1. The van der Waals surface area contributed by atoms with E-state index in [9.17, 15) is 4.79 Å². The van der Waals surface area contributed by atoms with Crippen LogP contribution in [-0.2, 0) is 4.79 Å². The first-order valence-corrected chi connectivity index (χ1v) is 2.57. The molecule has 0 aromatic carbocycles. The van der Waals surface area contributed by atoms with Gasteiger partial charge >= 0.3 is 0 Å². The second kappa shape index (κ2) is 1.62. The van der Waals surface area contributed by atoms with Crippen molar-refractivity contribution in [1.82, 2.24) is 0 Å². The maximum atomic E-state index is 10.4. The van der Waals surface area contributed by atoms with E-state index < -0.39 is 0 Å². The van der Waals surface area contributed by atoms with E-state index >= 15 is 0 Å². The zero-order valence-electron chi connectivity index (χ0n) is 4.18. The third kappa shape index (κ3) is 0.996. The predicted octanol–water partition coefficient (Wildman–Crippen LogP) is -0.0758. The highest BCUT2D eigenvalue weighted by molar-refractivity contribution is 5.84. The Labute approximate surface area is 42.7 Å². The Bertz CT molecular complexity index is 86.1. The summed E-state index contributed by atoms with van der Waals surface area (Å²) in [5, 5.41) is 0. The van der Waals surface area contributed by atoms with Gasteiger partial charge in [0.25, 0.3) is 0 Å². The standard InChI is InChI=1S/C5H9NO/c6-3-5(7)4-1-2-4/h4H,1-3,6H2. The molecule has 0 aromatic heterocycles. The van der Waals surface area contributed by atoms with Crippen LogP contribution in [0.1, 0.15) is 12.8 Å². The Hall–Kier alpha value is -0.370. The molecule has 1 saturated carbocycles. The number of Topliss-reactive ketones (excluding diaryl/α,β-unsaturated/α-hetero) is 1. The normalized spacial score (nSPS) is 19.6. The lowest BCUT2D eigenvalue weighted by molar-refractivity contribution is -0.118. The minimum absolute atomic E-state index is 0.236. The van der Waals surface area contributed by atoms with Crippen LogP contribution >= 0.6 is 0 Å². The highest BCUT2D eigenvalue weighted by atomic mass is 16.1. The minimum atomic E-state index is 0.236. The SMILES string of the molecule is NCC(=O)C1CC1. The van der Waals surface area contributed by atoms with Crippen molar-refractivity contribution in [3.05, 3.63) is 0 Å². The third-order valence-corrected chi connectivity index (χ3v) is 1.23. The molecule has 0 unspecified atom stereocenters. The van der Waals surface area contributed by atoms with Crippen molar-refractivity contribution < 1.29 is 4.79 Å². The van der Waals surface area contributed by atoms with Gasteiger partial charge in [-0.05, 0) is 12.8 Å². The molecule has 0 aliphatic heterocycles. The van der Waals surface area contributed by atoms with Crippen molar-refractivity contribution in [3.8, 4) is 0 Å². The molecule has 0 radical (unpaired) electrons. The van der Waals surface area contributed by atoms with Gasteiger partial charge in [0.05, 0.1) is 6.54 Å². The molecule has 2 N–H and O–H groups in total.